The Balaban J connectivity index is 1.82. The number of amides is 1. The molecular formula is C12H17N3O2S. The highest BCUT2D eigenvalue weighted by Crippen LogP contribution is 2.13. The first-order valence-corrected chi connectivity index (χ1v) is 7.04. The number of thioether (sulfide) groups is 1. The van der Waals surface area contributed by atoms with Crippen LogP contribution in [-0.4, -0.2) is 42.1 Å². The number of carbonyl (C=O) groups is 1. The lowest BCUT2D eigenvalue weighted by molar-refractivity contribution is -0.116. The molecule has 18 heavy (non-hydrogen) atoms. The first-order valence-electron chi connectivity index (χ1n) is 5.89. The third-order valence-electron chi connectivity index (χ3n) is 2.66. The number of hydrogen-bond donors (Lipinski definition) is 2. The summed E-state index contributed by atoms with van der Waals surface area (Å²) < 4.78 is 4.96. The number of pyridine rings is 1. The van der Waals surface area contributed by atoms with Crippen LogP contribution in [-0.2, 0) is 4.79 Å². The van der Waals surface area contributed by atoms with Crippen molar-refractivity contribution in [2.24, 2.45) is 0 Å². The third kappa shape index (κ3) is 3.89. The largest absolute Gasteiger partial charge is 0.481 e. The average Bonchev–Trinajstić information content (AvgIpc) is 2.40. The molecule has 6 heteroatoms. The van der Waals surface area contributed by atoms with Gasteiger partial charge in [0.15, 0.2) is 0 Å². The monoisotopic (exact) mass is 267 g/mol. The quantitative estimate of drug-likeness (QED) is 0.856. The smallest absolute Gasteiger partial charge is 0.226 e. The maximum Gasteiger partial charge on any atom is 0.226 e. The normalized spacial score (nSPS) is 19.3. The molecule has 1 aliphatic rings. The van der Waals surface area contributed by atoms with Gasteiger partial charge in [0, 0.05) is 36.6 Å². The van der Waals surface area contributed by atoms with Gasteiger partial charge in [0.25, 0.3) is 0 Å². The van der Waals surface area contributed by atoms with Crippen LogP contribution in [0.25, 0.3) is 0 Å². The standard InChI is InChI=1S/C12H17N3O2S/c1-17-12-3-2-9(7-14-12)15-11(16)6-10-8-18-5-4-13-10/h2-3,7,10,13H,4-6,8H2,1H3,(H,15,16). The van der Waals surface area contributed by atoms with E-state index in [2.05, 4.69) is 15.6 Å². The molecule has 5 nitrogen and oxygen atoms in total. The summed E-state index contributed by atoms with van der Waals surface area (Å²) in [6.45, 7) is 0.979. The van der Waals surface area contributed by atoms with Crippen molar-refractivity contribution in [3.05, 3.63) is 18.3 Å². The van der Waals surface area contributed by atoms with Crippen molar-refractivity contribution in [3.63, 3.8) is 0 Å². The predicted molar refractivity (Wildman–Crippen MR) is 73.2 cm³/mol. The molecule has 1 fully saturated rings. The van der Waals surface area contributed by atoms with Gasteiger partial charge in [0.1, 0.15) is 0 Å². The van der Waals surface area contributed by atoms with Gasteiger partial charge >= 0.3 is 0 Å². The minimum absolute atomic E-state index is 0.0157. The Morgan fingerprint density at radius 2 is 2.56 bits per heavy atom. The summed E-state index contributed by atoms with van der Waals surface area (Å²) in [6, 6.07) is 3.78. The van der Waals surface area contributed by atoms with Crippen LogP contribution in [0.4, 0.5) is 5.69 Å². The van der Waals surface area contributed by atoms with E-state index in [1.165, 1.54) is 0 Å². The lowest BCUT2D eigenvalue weighted by Gasteiger charge is -2.22. The molecule has 1 atom stereocenters. The number of hydrogen-bond acceptors (Lipinski definition) is 5. The van der Waals surface area contributed by atoms with Crippen molar-refractivity contribution < 1.29 is 9.53 Å². The van der Waals surface area contributed by atoms with Crippen molar-refractivity contribution in [2.75, 3.05) is 30.5 Å². The fourth-order valence-electron chi connectivity index (χ4n) is 1.76. The summed E-state index contributed by atoms with van der Waals surface area (Å²) in [6.07, 6.45) is 2.10. The van der Waals surface area contributed by atoms with Gasteiger partial charge in [-0.3, -0.25) is 4.79 Å². The number of ether oxygens (including phenoxy) is 1. The molecule has 1 aliphatic heterocycles. The molecule has 0 spiro atoms. The van der Waals surface area contributed by atoms with E-state index in [1.807, 2.05) is 11.8 Å². The highest BCUT2D eigenvalue weighted by molar-refractivity contribution is 7.99. The Labute approximate surface area is 111 Å². The number of methoxy groups -OCH3 is 1. The molecule has 1 saturated heterocycles. The fraction of sp³-hybridized carbons (Fsp3) is 0.500. The van der Waals surface area contributed by atoms with Gasteiger partial charge in [-0.15, -0.1) is 0 Å². The van der Waals surface area contributed by atoms with Crippen molar-refractivity contribution >= 4 is 23.4 Å². The van der Waals surface area contributed by atoms with Crippen molar-refractivity contribution in [2.45, 2.75) is 12.5 Å². The SMILES string of the molecule is COc1ccc(NC(=O)CC2CSCCN2)cn1. The highest BCUT2D eigenvalue weighted by atomic mass is 32.2. The second kappa shape index (κ2) is 6.61. The molecule has 2 rings (SSSR count). The minimum Gasteiger partial charge on any atom is -0.481 e. The minimum atomic E-state index is 0.0157. The molecule has 1 amide bonds. The van der Waals surface area contributed by atoms with Crippen LogP contribution < -0.4 is 15.4 Å². The molecule has 2 N–H and O–H groups in total. The van der Waals surface area contributed by atoms with E-state index in [4.69, 9.17) is 4.74 Å². The van der Waals surface area contributed by atoms with Crippen LogP contribution in [0, 0.1) is 0 Å². The van der Waals surface area contributed by atoms with Gasteiger partial charge in [-0.2, -0.15) is 11.8 Å². The van der Waals surface area contributed by atoms with E-state index in [-0.39, 0.29) is 11.9 Å². The molecule has 1 aromatic rings. The molecule has 98 valence electrons. The summed E-state index contributed by atoms with van der Waals surface area (Å²) >= 11 is 1.88. The maximum atomic E-state index is 11.8. The van der Waals surface area contributed by atoms with Crippen LogP contribution in [0.5, 0.6) is 5.88 Å². The molecule has 0 bridgehead atoms. The zero-order valence-corrected chi connectivity index (χ0v) is 11.1. The van der Waals surface area contributed by atoms with Gasteiger partial charge in [0.05, 0.1) is 19.0 Å². The Bertz CT molecular complexity index is 391. The lowest BCUT2D eigenvalue weighted by Crippen LogP contribution is -2.39. The number of carbonyl (C=O) groups excluding carboxylic acids is 1. The van der Waals surface area contributed by atoms with Crippen LogP contribution in [0.15, 0.2) is 18.3 Å². The summed E-state index contributed by atoms with van der Waals surface area (Å²) in [4.78, 5) is 15.9. The van der Waals surface area contributed by atoms with Crippen molar-refractivity contribution in [1.82, 2.24) is 10.3 Å². The highest BCUT2D eigenvalue weighted by Gasteiger charge is 2.16. The number of anilines is 1. The molecule has 2 heterocycles. The molecular weight excluding hydrogens is 250 g/mol. The molecule has 0 aliphatic carbocycles. The van der Waals surface area contributed by atoms with E-state index in [0.29, 0.717) is 18.0 Å². The number of aromatic nitrogens is 1. The first kappa shape index (κ1) is 13.2. The molecule has 0 radical (unpaired) electrons. The zero-order valence-electron chi connectivity index (χ0n) is 10.3. The van der Waals surface area contributed by atoms with Gasteiger partial charge in [0.2, 0.25) is 11.8 Å². The Hall–Kier alpha value is -1.27. The summed E-state index contributed by atoms with van der Waals surface area (Å²) in [5.41, 5.74) is 0.698. The predicted octanol–water partition coefficient (Wildman–Crippen LogP) is 1.12. The fourth-order valence-corrected chi connectivity index (χ4v) is 2.71. The molecule has 1 aromatic heterocycles. The van der Waals surface area contributed by atoms with Crippen LogP contribution in [0.3, 0.4) is 0 Å². The summed E-state index contributed by atoms with van der Waals surface area (Å²) in [5, 5.41) is 6.17. The zero-order chi connectivity index (χ0) is 12.8. The number of rotatable bonds is 4. The topological polar surface area (TPSA) is 63.2 Å². The Morgan fingerprint density at radius 1 is 1.67 bits per heavy atom. The van der Waals surface area contributed by atoms with Crippen LogP contribution in [0.1, 0.15) is 6.42 Å². The maximum absolute atomic E-state index is 11.8. The number of nitrogens with zero attached hydrogens (tertiary/aromatic N) is 1. The van der Waals surface area contributed by atoms with Gasteiger partial charge < -0.3 is 15.4 Å². The summed E-state index contributed by atoms with van der Waals surface area (Å²) in [5.74, 6) is 2.68. The van der Waals surface area contributed by atoms with Gasteiger partial charge in [-0.25, -0.2) is 4.98 Å². The Kier molecular flexibility index (Phi) is 4.83. The van der Waals surface area contributed by atoms with Crippen molar-refractivity contribution in [3.8, 4) is 5.88 Å². The summed E-state index contributed by atoms with van der Waals surface area (Å²) in [7, 11) is 1.56. The van der Waals surface area contributed by atoms with E-state index in [0.717, 1.165) is 18.1 Å². The van der Waals surface area contributed by atoms with Crippen LogP contribution in [0.2, 0.25) is 0 Å². The Morgan fingerprint density at radius 3 is 3.17 bits per heavy atom. The molecule has 0 saturated carbocycles. The average molecular weight is 267 g/mol. The second-order valence-corrected chi connectivity index (χ2v) is 5.22. The second-order valence-electron chi connectivity index (χ2n) is 4.07. The number of nitrogens with one attached hydrogen (secondary N) is 2. The van der Waals surface area contributed by atoms with Crippen molar-refractivity contribution in [1.29, 1.82) is 0 Å². The van der Waals surface area contributed by atoms with E-state index in [1.54, 1.807) is 25.4 Å². The van der Waals surface area contributed by atoms with E-state index >= 15 is 0 Å². The first-order chi connectivity index (χ1) is 8.78. The molecule has 0 aromatic carbocycles. The van der Waals surface area contributed by atoms with E-state index in [9.17, 15) is 4.79 Å². The lowest BCUT2D eigenvalue weighted by atomic mass is 10.2. The molecule has 1 unspecified atom stereocenters. The van der Waals surface area contributed by atoms with Crippen LogP contribution >= 0.6 is 11.8 Å². The van der Waals surface area contributed by atoms with Gasteiger partial charge in [-0.05, 0) is 6.07 Å². The van der Waals surface area contributed by atoms with E-state index < -0.39 is 0 Å². The van der Waals surface area contributed by atoms with Gasteiger partial charge in [-0.1, -0.05) is 0 Å². The third-order valence-corrected chi connectivity index (χ3v) is 3.79.